The van der Waals surface area contributed by atoms with Gasteiger partial charge in [0.1, 0.15) is 6.17 Å². The van der Waals surface area contributed by atoms with Crippen molar-refractivity contribution in [2.45, 2.75) is 88.1 Å². The van der Waals surface area contributed by atoms with E-state index in [2.05, 4.69) is 0 Å². The van der Waals surface area contributed by atoms with Crippen molar-refractivity contribution in [3.63, 3.8) is 0 Å². The average Bonchev–Trinajstić information content (AvgIpc) is 2.62. The standard InChI is InChI=1S/C17H26F8O3S/c18-11(12(19)13(20)14(21)22)10-29-9-7-5-3-1-2-4-6-8-16(28,15(26)27)17(23,24)25/h11-14,28H,1-10H2,(H,26,27). The highest BCUT2D eigenvalue weighted by Crippen LogP contribution is 2.35. The van der Waals surface area contributed by atoms with Crippen LogP contribution in [0.4, 0.5) is 35.1 Å². The van der Waals surface area contributed by atoms with E-state index in [0.717, 1.165) is 11.8 Å². The van der Waals surface area contributed by atoms with Crippen LogP contribution in [0, 0.1) is 0 Å². The molecule has 0 saturated heterocycles. The molecule has 174 valence electrons. The molecule has 12 heteroatoms. The van der Waals surface area contributed by atoms with Crippen LogP contribution in [0.2, 0.25) is 0 Å². The Labute approximate surface area is 168 Å². The molecule has 0 rings (SSSR count). The van der Waals surface area contributed by atoms with Crippen LogP contribution in [0.25, 0.3) is 0 Å². The molecule has 0 amide bonds. The van der Waals surface area contributed by atoms with Crippen LogP contribution in [0.15, 0.2) is 0 Å². The summed E-state index contributed by atoms with van der Waals surface area (Å²) in [4.78, 5) is 10.6. The van der Waals surface area contributed by atoms with Gasteiger partial charge in [-0.1, -0.05) is 32.1 Å². The van der Waals surface area contributed by atoms with Crippen LogP contribution in [-0.2, 0) is 4.79 Å². The van der Waals surface area contributed by atoms with E-state index in [1.807, 2.05) is 0 Å². The highest BCUT2D eigenvalue weighted by Gasteiger charge is 2.59. The molecule has 0 aromatic rings. The lowest BCUT2D eigenvalue weighted by Gasteiger charge is -2.25. The van der Waals surface area contributed by atoms with Gasteiger partial charge in [0.25, 0.3) is 12.0 Å². The maximum absolute atomic E-state index is 13.3. The fourth-order valence-corrected chi connectivity index (χ4v) is 3.45. The molecular weight excluding hydrogens is 436 g/mol. The van der Waals surface area contributed by atoms with Crippen molar-refractivity contribution in [3.8, 4) is 0 Å². The molecule has 0 fully saturated rings. The maximum atomic E-state index is 13.3. The summed E-state index contributed by atoms with van der Waals surface area (Å²) in [6.45, 7) is 0. The molecule has 0 aliphatic heterocycles. The normalized spacial score (nSPS) is 17.7. The van der Waals surface area contributed by atoms with Gasteiger partial charge in [0.2, 0.25) is 0 Å². The summed E-state index contributed by atoms with van der Waals surface area (Å²) in [6.07, 6.45) is -14.6. The Morgan fingerprint density at radius 3 is 1.76 bits per heavy atom. The van der Waals surface area contributed by atoms with E-state index >= 15 is 0 Å². The maximum Gasteiger partial charge on any atom is 0.428 e. The number of hydrogen-bond acceptors (Lipinski definition) is 3. The van der Waals surface area contributed by atoms with Crippen molar-refractivity contribution >= 4 is 17.7 Å². The minimum Gasteiger partial charge on any atom is -0.479 e. The number of thioether (sulfide) groups is 1. The second kappa shape index (κ2) is 13.5. The molecular formula is C17H26F8O3S. The van der Waals surface area contributed by atoms with E-state index in [9.17, 15) is 45.0 Å². The molecule has 0 heterocycles. The zero-order valence-electron chi connectivity index (χ0n) is 15.6. The predicted molar refractivity (Wildman–Crippen MR) is 93.6 cm³/mol. The summed E-state index contributed by atoms with van der Waals surface area (Å²) in [5.41, 5.74) is -3.74. The number of aliphatic carboxylic acids is 1. The van der Waals surface area contributed by atoms with Gasteiger partial charge in [0.15, 0.2) is 12.3 Å². The van der Waals surface area contributed by atoms with Gasteiger partial charge in [-0.2, -0.15) is 24.9 Å². The molecule has 0 aliphatic carbocycles. The van der Waals surface area contributed by atoms with Crippen molar-refractivity contribution in [3.05, 3.63) is 0 Å². The van der Waals surface area contributed by atoms with Crippen LogP contribution in [0.3, 0.4) is 0 Å². The van der Waals surface area contributed by atoms with Crippen molar-refractivity contribution in [1.82, 2.24) is 0 Å². The third-order valence-electron chi connectivity index (χ3n) is 4.32. The Balaban J connectivity index is 3.74. The van der Waals surface area contributed by atoms with Crippen molar-refractivity contribution in [1.29, 1.82) is 0 Å². The summed E-state index contributed by atoms with van der Waals surface area (Å²) in [7, 11) is 0. The van der Waals surface area contributed by atoms with E-state index in [4.69, 9.17) is 5.11 Å². The number of unbranched alkanes of at least 4 members (excludes halogenated alkanes) is 6. The zero-order chi connectivity index (χ0) is 22.7. The number of carboxylic acids is 1. The van der Waals surface area contributed by atoms with Gasteiger partial charge in [-0.05, 0) is 25.0 Å². The Kier molecular flexibility index (Phi) is 13.1. The monoisotopic (exact) mass is 462 g/mol. The highest BCUT2D eigenvalue weighted by molar-refractivity contribution is 7.99. The van der Waals surface area contributed by atoms with Crippen LogP contribution in [-0.4, -0.2) is 64.4 Å². The van der Waals surface area contributed by atoms with Gasteiger partial charge in [0.05, 0.1) is 0 Å². The molecule has 4 unspecified atom stereocenters. The van der Waals surface area contributed by atoms with Crippen LogP contribution in [0.1, 0.15) is 51.4 Å². The third-order valence-corrected chi connectivity index (χ3v) is 5.45. The van der Waals surface area contributed by atoms with E-state index in [-0.39, 0.29) is 6.42 Å². The van der Waals surface area contributed by atoms with Crippen LogP contribution < -0.4 is 0 Å². The van der Waals surface area contributed by atoms with Crippen LogP contribution in [0.5, 0.6) is 0 Å². The van der Waals surface area contributed by atoms with Gasteiger partial charge < -0.3 is 10.2 Å². The Bertz CT molecular complexity index is 466. The summed E-state index contributed by atoms with van der Waals surface area (Å²) >= 11 is 0.982. The van der Waals surface area contributed by atoms with Crippen molar-refractivity contribution in [2.24, 2.45) is 0 Å². The van der Waals surface area contributed by atoms with E-state index in [1.165, 1.54) is 0 Å². The van der Waals surface area contributed by atoms with Crippen LogP contribution >= 0.6 is 11.8 Å². The number of hydrogen-bond donors (Lipinski definition) is 2. The lowest BCUT2D eigenvalue weighted by atomic mass is 9.95. The third kappa shape index (κ3) is 10.2. The van der Waals surface area contributed by atoms with Crippen molar-refractivity contribution < 1.29 is 50.1 Å². The lowest BCUT2D eigenvalue weighted by molar-refractivity contribution is -0.262. The zero-order valence-corrected chi connectivity index (χ0v) is 16.4. The quantitative estimate of drug-likeness (QED) is 0.235. The number of rotatable bonds is 16. The molecule has 0 radical (unpaired) electrons. The Hall–Kier alpha value is -0.780. The number of alkyl halides is 8. The second-order valence-electron chi connectivity index (χ2n) is 6.70. The molecule has 0 spiro atoms. The first-order valence-electron chi connectivity index (χ1n) is 9.15. The van der Waals surface area contributed by atoms with Crippen molar-refractivity contribution in [2.75, 3.05) is 11.5 Å². The van der Waals surface area contributed by atoms with E-state index in [1.54, 1.807) is 0 Å². The lowest BCUT2D eigenvalue weighted by Crippen LogP contribution is -2.51. The fraction of sp³-hybridized carbons (Fsp3) is 0.941. The Morgan fingerprint density at radius 1 is 0.828 bits per heavy atom. The minimum absolute atomic E-state index is 0.103. The molecule has 3 nitrogen and oxygen atoms in total. The molecule has 0 bridgehead atoms. The number of aliphatic hydroxyl groups is 1. The van der Waals surface area contributed by atoms with Gasteiger partial charge in [0, 0.05) is 5.75 Å². The van der Waals surface area contributed by atoms with E-state index < -0.39 is 54.9 Å². The molecule has 0 aromatic carbocycles. The van der Waals surface area contributed by atoms with Gasteiger partial charge >= 0.3 is 12.1 Å². The SMILES string of the molecule is O=C(O)C(O)(CCCCCCCCCSCC(F)C(F)C(F)C(F)F)C(F)(F)F. The largest absolute Gasteiger partial charge is 0.479 e. The molecule has 4 atom stereocenters. The summed E-state index contributed by atoms with van der Waals surface area (Å²) in [5.74, 6) is -2.33. The summed E-state index contributed by atoms with van der Waals surface area (Å²) < 4.78 is 101. The first kappa shape index (κ1) is 28.2. The van der Waals surface area contributed by atoms with Gasteiger partial charge in [-0.15, -0.1) is 0 Å². The minimum atomic E-state index is -5.25. The summed E-state index contributed by atoms with van der Waals surface area (Å²) in [6, 6.07) is 0. The molecule has 2 N–H and O–H groups in total. The van der Waals surface area contributed by atoms with Gasteiger partial charge in [-0.3, -0.25) is 0 Å². The predicted octanol–water partition coefficient (Wildman–Crippen LogP) is 5.50. The molecule has 0 aromatic heterocycles. The molecule has 0 aliphatic rings. The highest BCUT2D eigenvalue weighted by atomic mass is 32.2. The first-order valence-corrected chi connectivity index (χ1v) is 10.3. The van der Waals surface area contributed by atoms with E-state index in [0.29, 0.717) is 44.3 Å². The second-order valence-corrected chi connectivity index (χ2v) is 7.85. The Morgan fingerprint density at radius 2 is 1.31 bits per heavy atom. The first-order chi connectivity index (χ1) is 13.3. The fourth-order valence-electron chi connectivity index (χ4n) is 2.47. The number of carbonyl (C=O) groups is 1. The summed E-state index contributed by atoms with van der Waals surface area (Å²) in [5, 5.41) is 17.8. The van der Waals surface area contributed by atoms with Gasteiger partial charge in [-0.25, -0.2) is 26.7 Å². The topological polar surface area (TPSA) is 57.5 Å². The number of carboxylic acid groups (broad SMARTS) is 1. The number of halogens is 8. The molecule has 29 heavy (non-hydrogen) atoms. The smallest absolute Gasteiger partial charge is 0.428 e. The average molecular weight is 462 g/mol. The molecule has 0 saturated carbocycles.